The fraction of sp³-hybridized carbons (Fsp3) is 1.00. The van der Waals surface area contributed by atoms with Crippen molar-refractivity contribution in [3.8, 4) is 0 Å². The van der Waals surface area contributed by atoms with E-state index < -0.39 is 0 Å². The number of rotatable bonds is 1. The van der Waals surface area contributed by atoms with Gasteiger partial charge in [0.25, 0.3) is 0 Å². The Labute approximate surface area is 99.7 Å². The van der Waals surface area contributed by atoms with E-state index in [-0.39, 0.29) is 11.7 Å². The minimum absolute atomic E-state index is 0.00638. The van der Waals surface area contributed by atoms with E-state index in [1.165, 1.54) is 25.7 Å². The second-order valence-electron chi connectivity index (χ2n) is 6.78. The van der Waals surface area contributed by atoms with Crippen molar-refractivity contribution in [2.45, 2.75) is 59.7 Å². The van der Waals surface area contributed by atoms with E-state index in [2.05, 4.69) is 20.8 Å². The lowest BCUT2D eigenvalue weighted by Crippen LogP contribution is -2.45. The Bertz CT molecular complexity index is 229. The third kappa shape index (κ3) is 2.60. The third-order valence-electron chi connectivity index (χ3n) is 4.62. The van der Waals surface area contributed by atoms with Crippen LogP contribution in [0.25, 0.3) is 0 Å². The molecule has 0 spiro atoms. The summed E-state index contributed by atoms with van der Waals surface area (Å²) in [6.45, 7) is 10.9. The second kappa shape index (κ2) is 4.30. The van der Waals surface area contributed by atoms with Gasteiger partial charge in [-0.1, -0.05) is 20.8 Å². The van der Waals surface area contributed by atoms with Gasteiger partial charge in [0, 0.05) is 5.41 Å². The molecule has 0 unspecified atom stereocenters. The Morgan fingerprint density at radius 3 is 1.94 bits per heavy atom. The average molecular weight is 226 g/mol. The van der Waals surface area contributed by atoms with Gasteiger partial charge in [0.1, 0.15) is 0 Å². The van der Waals surface area contributed by atoms with Crippen LogP contribution in [0.15, 0.2) is 0 Å². The summed E-state index contributed by atoms with van der Waals surface area (Å²) in [6, 6.07) is 0. The number of ether oxygens (including phenoxy) is 2. The van der Waals surface area contributed by atoms with Crippen molar-refractivity contribution in [1.29, 1.82) is 0 Å². The Morgan fingerprint density at radius 1 is 0.938 bits per heavy atom. The highest BCUT2D eigenvalue weighted by molar-refractivity contribution is 4.89. The van der Waals surface area contributed by atoms with E-state index in [1.807, 2.05) is 6.92 Å². The maximum Gasteiger partial charge on any atom is 0.154 e. The molecule has 16 heavy (non-hydrogen) atoms. The molecule has 1 heterocycles. The minimum atomic E-state index is -0.00638. The van der Waals surface area contributed by atoms with E-state index in [1.54, 1.807) is 0 Å². The zero-order chi connectivity index (χ0) is 11.8. The monoisotopic (exact) mass is 226 g/mol. The maximum atomic E-state index is 5.68. The van der Waals surface area contributed by atoms with Crippen LogP contribution in [0.1, 0.15) is 53.4 Å². The maximum absolute atomic E-state index is 5.68. The molecule has 0 amide bonds. The smallest absolute Gasteiger partial charge is 0.154 e. The molecule has 2 rings (SSSR count). The molecular weight excluding hydrogens is 200 g/mol. The Hall–Kier alpha value is -0.0800. The van der Waals surface area contributed by atoms with E-state index >= 15 is 0 Å². The summed E-state index contributed by atoms with van der Waals surface area (Å²) in [5, 5.41) is 0. The molecule has 0 aromatic rings. The van der Waals surface area contributed by atoms with E-state index in [4.69, 9.17) is 9.47 Å². The van der Waals surface area contributed by atoms with Crippen LogP contribution in [0.2, 0.25) is 0 Å². The molecule has 1 aliphatic carbocycles. The summed E-state index contributed by atoms with van der Waals surface area (Å²) in [5.41, 5.74) is 0.805. The van der Waals surface area contributed by atoms with Crippen molar-refractivity contribution in [3.63, 3.8) is 0 Å². The predicted molar refractivity (Wildman–Crippen MR) is 65.2 cm³/mol. The number of hydrogen-bond donors (Lipinski definition) is 0. The molecule has 0 bridgehead atoms. The Balaban J connectivity index is 1.93. The first kappa shape index (κ1) is 12.4. The first-order chi connectivity index (χ1) is 7.41. The van der Waals surface area contributed by atoms with Gasteiger partial charge in [0.2, 0.25) is 0 Å². The largest absolute Gasteiger partial charge is 0.352 e. The van der Waals surface area contributed by atoms with Crippen molar-refractivity contribution in [2.75, 3.05) is 13.2 Å². The van der Waals surface area contributed by atoms with Crippen molar-refractivity contribution < 1.29 is 9.47 Å². The summed E-state index contributed by atoms with van der Waals surface area (Å²) in [4.78, 5) is 0. The highest BCUT2D eigenvalue weighted by Gasteiger charge is 2.41. The zero-order valence-corrected chi connectivity index (χ0v) is 11.2. The van der Waals surface area contributed by atoms with Gasteiger partial charge in [-0.05, 0) is 43.9 Å². The highest BCUT2D eigenvalue weighted by Crippen LogP contribution is 2.46. The normalized spacial score (nSPS) is 40.9. The molecule has 2 aliphatic rings. The SMILES string of the molecule is CC1OCC(C)(C2CCC(C)(C)CC2)CO1. The molecule has 0 aromatic heterocycles. The van der Waals surface area contributed by atoms with Gasteiger partial charge in [0.05, 0.1) is 13.2 Å². The lowest BCUT2D eigenvalue weighted by atomic mass is 9.64. The lowest BCUT2D eigenvalue weighted by Gasteiger charge is -2.46. The molecule has 2 heteroatoms. The molecule has 0 aromatic carbocycles. The van der Waals surface area contributed by atoms with E-state index in [0.717, 1.165) is 19.1 Å². The van der Waals surface area contributed by atoms with Crippen LogP contribution in [-0.4, -0.2) is 19.5 Å². The van der Waals surface area contributed by atoms with Gasteiger partial charge in [-0.3, -0.25) is 0 Å². The van der Waals surface area contributed by atoms with Crippen LogP contribution in [0.3, 0.4) is 0 Å². The number of hydrogen-bond acceptors (Lipinski definition) is 2. The van der Waals surface area contributed by atoms with Crippen molar-refractivity contribution in [3.05, 3.63) is 0 Å². The molecule has 94 valence electrons. The van der Waals surface area contributed by atoms with Crippen LogP contribution in [-0.2, 0) is 9.47 Å². The molecule has 0 radical (unpaired) electrons. The van der Waals surface area contributed by atoms with Crippen LogP contribution in [0.4, 0.5) is 0 Å². The summed E-state index contributed by atoms with van der Waals surface area (Å²) in [6.07, 6.45) is 5.37. The molecule has 0 N–H and O–H groups in total. The summed E-state index contributed by atoms with van der Waals surface area (Å²) in [7, 11) is 0. The Kier molecular flexibility index (Phi) is 3.33. The Morgan fingerprint density at radius 2 is 1.44 bits per heavy atom. The topological polar surface area (TPSA) is 18.5 Å². The molecule has 1 aliphatic heterocycles. The van der Waals surface area contributed by atoms with Gasteiger partial charge >= 0.3 is 0 Å². The third-order valence-corrected chi connectivity index (χ3v) is 4.62. The fourth-order valence-electron chi connectivity index (χ4n) is 3.04. The second-order valence-corrected chi connectivity index (χ2v) is 6.78. The lowest BCUT2D eigenvalue weighted by molar-refractivity contribution is -0.231. The quantitative estimate of drug-likeness (QED) is 0.680. The van der Waals surface area contributed by atoms with Gasteiger partial charge in [-0.25, -0.2) is 0 Å². The van der Waals surface area contributed by atoms with Crippen LogP contribution < -0.4 is 0 Å². The average Bonchev–Trinajstić information content (AvgIpc) is 2.22. The molecule has 1 saturated heterocycles. The standard InChI is InChI=1S/C14H26O2/c1-11-15-9-14(4,10-16-11)12-5-7-13(2,3)8-6-12/h11-12H,5-10H2,1-4H3. The molecule has 2 nitrogen and oxygen atoms in total. The molecular formula is C14H26O2. The first-order valence-corrected chi connectivity index (χ1v) is 6.65. The first-order valence-electron chi connectivity index (χ1n) is 6.65. The summed E-state index contributed by atoms with van der Waals surface area (Å²) in [5.74, 6) is 0.785. The predicted octanol–water partition coefficient (Wildman–Crippen LogP) is 3.60. The molecule has 0 atom stereocenters. The van der Waals surface area contributed by atoms with Crippen LogP contribution in [0.5, 0.6) is 0 Å². The molecule has 1 saturated carbocycles. The van der Waals surface area contributed by atoms with Gasteiger partial charge in [-0.2, -0.15) is 0 Å². The van der Waals surface area contributed by atoms with Crippen LogP contribution in [0, 0.1) is 16.7 Å². The van der Waals surface area contributed by atoms with Crippen molar-refractivity contribution in [2.24, 2.45) is 16.7 Å². The van der Waals surface area contributed by atoms with E-state index in [0.29, 0.717) is 5.41 Å². The van der Waals surface area contributed by atoms with Crippen molar-refractivity contribution in [1.82, 2.24) is 0 Å². The van der Waals surface area contributed by atoms with Gasteiger partial charge in [0.15, 0.2) is 6.29 Å². The summed E-state index contributed by atoms with van der Waals surface area (Å²) < 4.78 is 11.4. The summed E-state index contributed by atoms with van der Waals surface area (Å²) >= 11 is 0. The van der Waals surface area contributed by atoms with Gasteiger partial charge < -0.3 is 9.47 Å². The minimum Gasteiger partial charge on any atom is -0.352 e. The fourth-order valence-corrected chi connectivity index (χ4v) is 3.04. The van der Waals surface area contributed by atoms with E-state index in [9.17, 15) is 0 Å². The zero-order valence-electron chi connectivity index (χ0n) is 11.2. The highest BCUT2D eigenvalue weighted by atomic mass is 16.7. The molecule has 2 fully saturated rings. The van der Waals surface area contributed by atoms with Crippen LogP contribution >= 0.6 is 0 Å². The van der Waals surface area contributed by atoms with Crippen molar-refractivity contribution >= 4 is 0 Å². The van der Waals surface area contributed by atoms with Gasteiger partial charge in [-0.15, -0.1) is 0 Å².